The predicted octanol–water partition coefficient (Wildman–Crippen LogP) is 0.852. The molecular formula is C6H7F3N2OS. The van der Waals surface area contributed by atoms with Crippen LogP contribution in [0.1, 0.15) is 5.69 Å². The molecule has 0 aliphatic carbocycles. The van der Waals surface area contributed by atoms with Crippen molar-refractivity contribution in [3.05, 3.63) is 16.6 Å². The van der Waals surface area contributed by atoms with Crippen LogP contribution in [0.15, 0.2) is 10.9 Å². The Hall–Kier alpha value is -0.660. The Morgan fingerprint density at radius 3 is 2.46 bits per heavy atom. The lowest BCUT2D eigenvalue weighted by atomic mass is 10.0. The summed E-state index contributed by atoms with van der Waals surface area (Å²) in [5.41, 5.74) is 2.62. The maximum absolute atomic E-state index is 12.3. The van der Waals surface area contributed by atoms with Gasteiger partial charge in [-0.05, 0) is 0 Å². The van der Waals surface area contributed by atoms with Crippen LogP contribution in [-0.2, 0) is 5.60 Å². The van der Waals surface area contributed by atoms with Crippen molar-refractivity contribution in [1.82, 2.24) is 4.98 Å². The molecule has 74 valence electrons. The lowest BCUT2D eigenvalue weighted by Crippen LogP contribution is -2.48. The van der Waals surface area contributed by atoms with Crippen LogP contribution in [-0.4, -0.2) is 22.8 Å². The summed E-state index contributed by atoms with van der Waals surface area (Å²) in [5, 5.41) is 10.3. The molecule has 1 rings (SSSR count). The van der Waals surface area contributed by atoms with Crippen LogP contribution in [0.2, 0.25) is 0 Å². The third-order valence-corrected chi connectivity index (χ3v) is 2.21. The number of nitrogens with zero attached hydrogens (tertiary/aromatic N) is 1. The van der Waals surface area contributed by atoms with E-state index in [0.29, 0.717) is 0 Å². The van der Waals surface area contributed by atoms with Crippen molar-refractivity contribution in [2.75, 3.05) is 6.54 Å². The SMILES string of the molecule is NCC(O)(c1cscn1)C(F)(F)F. The first-order valence-electron chi connectivity index (χ1n) is 3.29. The van der Waals surface area contributed by atoms with Gasteiger partial charge in [-0.15, -0.1) is 11.3 Å². The van der Waals surface area contributed by atoms with Gasteiger partial charge in [-0.2, -0.15) is 13.2 Å². The van der Waals surface area contributed by atoms with E-state index in [1.807, 2.05) is 0 Å². The molecule has 0 spiro atoms. The van der Waals surface area contributed by atoms with Crippen molar-refractivity contribution in [3.8, 4) is 0 Å². The van der Waals surface area contributed by atoms with Crippen molar-refractivity contribution in [3.63, 3.8) is 0 Å². The van der Waals surface area contributed by atoms with Gasteiger partial charge >= 0.3 is 6.18 Å². The Labute approximate surface area is 76.0 Å². The quantitative estimate of drug-likeness (QED) is 0.764. The van der Waals surface area contributed by atoms with Gasteiger partial charge in [-0.1, -0.05) is 0 Å². The molecule has 1 heterocycles. The summed E-state index contributed by atoms with van der Waals surface area (Å²) >= 11 is 0.971. The van der Waals surface area contributed by atoms with Crippen LogP contribution in [0.3, 0.4) is 0 Å². The van der Waals surface area contributed by atoms with Gasteiger partial charge in [0, 0.05) is 11.9 Å². The van der Waals surface area contributed by atoms with E-state index in [9.17, 15) is 18.3 Å². The summed E-state index contributed by atoms with van der Waals surface area (Å²) in [5.74, 6) is 0. The van der Waals surface area contributed by atoms with Gasteiger partial charge in [0.2, 0.25) is 5.60 Å². The van der Waals surface area contributed by atoms with E-state index in [1.165, 1.54) is 5.51 Å². The Kier molecular flexibility index (Phi) is 2.60. The highest BCUT2D eigenvalue weighted by molar-refractivity contribution is 7.07. The van der Waals surface area contributed by atoms with Crippen molar-refractivity contribution < 1.29 is 18.3 Å². The molecule has 1 aromatic rings. The van der Waals surface area contributed by atoms with E-state index in [4.69, 9.17) is 5.73 Å². The van der Waals surface area contributed by atoms with Gasteiger partial charge in [-0.3, -0.25) is 0 Å². The molecule has 0 aliphatic heterocycles. The van der Waals surface area contributed by atoms with E-state index in [1.54, 1.807) is 0 Å². The fraction of sp³-hybridized carbons (Fsp3) is 0.500. The second-order valence-electron chi connectivity index (χ2n) is 2.44. The molecule has 0 saturated carbocycles. The third kappa shape index (κ3) is 1.67. The van der Waals surface area contributed by atoms with Crippen LogP contribution in [0.4, 0.5) is 13.2 Å². The van der Waals surface area contributed by atoms with Gasteiger partial charge in [0.25, 0.3) is 0 Å². The zero-order valence-electron chi connectivity index (χ0n) is 6.38. The van der Waals surface area contributed by atoms with Gasteiger partial charge in [0.15, 0.2) is 0 Å². The fourth-order valence-corrected chi connectivity index (χ4v) is 1.40. The summed E-state index contributed by atoms with van der Waals surface area (Å²) in [6, 6.07) is 0. The highest BCUT2D eigenvalue weighted by Gasteiger charge is 2.55. The van der Waals surface area contributed by atoms with Crippen LogP contribution in [0.5, 0.6) is 0 Å². The number of hydrogen-bond acceptors (Lipinski definition) is 4. The van der Waals surface area contributed by atoms with Gasteiger partial charge in [0.05, 0.1) is 11.2 Å². The number of thiazole rings is 1. The molecule has 0 aromatic carbocycles. The van der Waals surface area contributed by atoms with E-state index in [-0.39, 0.29) is 0 Å². The van der Waals surface area contributed by atoms with Crippen LogP contribution >= 0.6 is 11.3 Å². The summed E-state index contributed by atoms with van der Waals surface area (Å²) < 4.78 is 36.9. The highest BCUT2D eigenvalue weighted by atomic mass is 32.1. The minimum absolute atomic E-state index is 0.451. The molecule has 0 radical (unpaired) electrons. The summed E-state index contributed by atoms with van der Waals surface area (Å²) in [4.78, 5) is 3.39. The van der Waals surface area contributed by atoms with Crippen molar-refractivity contribution in [2.45, 2.75) is 11.8 Å². The first kappa shape index (κ1) is 10.4. The standard InChI is InChI=1S/C6H7F3N2OS/c7-6(8,9)5(12,2-10)4-1-13-3-11-4/h1,3,12H,2,10H2. The third-order valence-electron chi connectivity index (χ3n) is 1.62. The van der Waals surface area contributed by atoms with Crippen molar-refractivity contribution in [1.29, 1.82) is 0 Å². The first-order chi connectivity index (χ1) is 5.92. The lowest BCUT2D eigenvalue weighted by molar-refractivity contribution is -0.263. The van der Waals surface area contributed by atoms with Crippen LogP contribution in [0, 0.1) is 0 Å². The van der Waals surface area contributed by atoms with Crippen LogP contribution in [0.25, 0.3) is 0 Å². The van der Waals surface area contributed by atoms with Crippen molar-refractivity contribution in [2.24, 2.45) is 5.73 Å². The average molecular weight is 212 g/mol. The molecule has 3 nitrogen and oxygen atoms in total. The molecule has 1 atom stereocenters. The zero-order valence-corrected chi connectivity index (χ0v) is 7.19. The normalized spacial score (nSPS) is 17.0. The number of rotatable bonds is 2. The van der Waals surface area contributed by atoms with Gasteiger partial charge in [0.1, 0.15) is 0 Å². The average Bonchev–Trinajstić information content (AvgIpc) is 2.52. The molecule has 0 fully saturated rings. The zero-order chi connectivity index (χ0) is 10.1. The Morgan fingerprint density at radius 2 is 2.15 bits per heavy atom. The number of alkyl halides is 3. The summed E-state index contributed by atoms with van der Waals surface area (Å²) in [6.45, 7) is -0.930. The largest absolute Gasteiger partial charge is 0.424 e. The van der Waals surface area contributed by atoms with Crippen LogP contribution < -0.4 is 5.73 Å². The van der Waals surface area contributed by atoms with Crippen molar-refractivity contribution >= 4 is 11.3 Å². The predicted molar refractivity (Wildman–Crippen MR) is 41.1 cm³/mol. The maximum atomic E-state index is 12.3. The minimum atomic E-state index is -4.80. The van der Waals surface area contributed by atoms with Gasteiger partial charge in [-0.25, -0.2) is 4.98 Å². The van der Waals surface area contributed by atoms with E-state index in [2.05, 4.69) is 4.98 Å². The number of aromatic nitrogens is 1. The van der Waals surface area contributed by atoms with E-state index < -0.39 is 24.0 Å². The van der Waals surface area contributed by atoms with E-state index in [0.717, 1.165) is 16.7 Å². The minimum Gasteiger partial charge on any atom is -0.374 e. The molecule has 13 heavy (non-hydrogen) atoms. The topological polar surface area (TPSA) is 59.1 Å². The Morgan fingerprint density at radius 1 is 1.54 bits per heavy atom. The number of aliphatic hydroxyl groups is 1. The Bertz CT molecular complexity index is 274. The monoisotopic (exact) mass is 212 g/mol. The number of halogens is 3. The summed E-state index contributed by atoms with van der Waals surface area (Å²) in [6.07, 6.45) is -4.80. The van der Waals surface area contributed by atoms with Gasteiger partial charge < -0.3 is 10.8 Å². The highest BCUT2D eigenvalue weighted by Crippen LogP contribution is 2.37. The summed E-state index contributed by atoms with van der Waals surface area (Å²) in [7, 11) is 0. The maximum Gasteiger partial charge on any atom is 0.424 e. The van der Waals surface area contributed by atoms with E-state index >= 15 is 0 Å². The second-order valence-corrected chi connectivity index (χ2v) is 3.15. The second kappa shape index (κ2) is 3.24. The smallest absolute Gasteiger partial charge is 0.374 e. The molecule has 0 aliphatic rings. The number of hydrogen-bond donors (Lipinski definition) is 2. The molecular weight excluding hydrogens is 205 g/mol. The molecule has 7 heteroatoms. The molecule has 0 saturated heterocycles. The molecule has 1 aromatic heterocycles. The fourth-order valence-electron chi connectivity index (χ4n) is 0.782. The number of nitrogens with two attached hydrogens (primary N) is 1. The first-order valence-corrected chi connectivity index (χ1v) is 4.24. The molecule has 1 unspecified atom stereocenters. The Balaban J connectivity index is 3.09. The molecule has 0 bridgehead atoms. The molecule has 0 amide bonds. The molecule has 3 N–H and O–H groups in total. The lowest BCUT2D eigenvalue weighted by Gasteiger charge is -2.26.